The summed E-state index contributed by atoms with van der Waals surface area (Å²) in [5.41, 5.74) is 3.64. The van der Waals surface area contributed by atoms with Gasteiger partial charge in [0.1, 0.15) is 4.32 Å². The second kappa shape index (κ2) is 7.54. The molecular weight excluding hydrogens is 392 g/mol. The zero-order valence-electron chi connectivity index (χ0n) is 15.0. The molecule has 4 rings (SSSR count). The van der Waals surface area contributed by atoms with Crippen molar-refractivity contribution < 1.29 is 4.79 Å². The number of thiocarbonyl (C=S) groups is 1. The van der Waals surface area contributed by atoms with Gasteiger partial charge in [-0.05, 0) is 42.3 Å². The van der Waals surface area contributed by atoms with E-state index in [1.165, 1.54) is 38.4 Å². The lowest BCUT2D eigenvalue weighted by atomic mass is 10.0. The van der Waals surface area contributed by atoms with Crippen LogP contribution in [0.4, 0.5) is 5.69 Å². The molecule has 0 bridgehead atoms. The molecule has 0 saturated carbocycles. The molecule has 0 atom stereocenters. The Balaban J connectivity index is 1.65. The van der Waals surface area contributed by atoms with Crippen molar-refractivity contribution in [2.75, 3.05) is 18.5 Å². The van der Waals surface area contributed by atoms with Crippen molar-refractivity contribution in [1.29, 1.82) is 0 Å². The molecule has 0 radical (unpaired) electrons. The number of carbonyl (C=O) groups is 1. The van der Waals surface area contributed by atoms with E-state index in [1.807, 2.05) is 18.2 Å². The summed E-state index contributed by atoms with van der Waals surface area (Å²) in [6.07, 6.45) is 3.91. The minimum atomic E-state index is -0.0308. The number of likely N-dealkylation sites (N-methyl/N-ethyl adjacent to an activating group) is 1. The van der Waals surface area contributed by atoms with Gasteiger partial charge in [-0.25, -0.2) is 0 Å². The van der Waals surface area contributed by atoms with E-state index in [4.69, 9.17) is 12.2 Å². The number of thioether (sulfide) groups is 2. The Hall–Kier alpha value is -2.02. The van der Waals surface area contributed by atoms with Crippen LogP contribution in [0.1, 0.15) is 6.92 Å². The quantitative estimate of drug-likeness (QED) is 0.491. The summed E-state index contributed by atoms with van der Waals surface area (Å²) < 4.78 is 0.604. The molecule has 136 valence electrons. The van der Waals surface area contributed by atoms with E-state index in [2.05, 4.69) is 54.3 Å². The van der Waals surface area contributed by atoms with E-state index in [1.54, 1.807) is 18.8 Å². The van der Waals surface area contributed by atoms with Gasteiger partial charge in [-0.2, -0.15) is 0 Å². The van der Waals surface area contributed by atoms with E-state index in [0.717, 1.165) is 11.6 Å². The summed E-state index contributed by atoms with van der Waals surface area (Å²) >= 11 is 8.29. The third-order valence-corrected chi connectivity index (χ3v) is 7.15. The van der Waals surface area contributed by atoms with Gasteiger partial charge in [0, 0.05) is 18.5 Å². The Labute approximate surface area is 173 Å². The van der Waals surface area contributed by atoms with Gasteiger partial charge in [0.25, 0.3) is 5.91 Å². The maximum absolute atomic E-state index is 12.2. The standard InChI is InChI=1S/C21H18N2OS3/c1-3-23-16-13-15(14-7-5-4-6-8-14)9-10-17(16)26-19(23)12-11-18-20(24)22(2)21(25)27-18/h4-13H,3H2,1-2H3/b18-11-,19-12-. The summed E-state index contributed by atoms with van der Waals surface area (Å²) in [5, 5.41) is 1.12. The van der Waals surface area contributed by atoms with Crippen molar-refractivity contribution in [3.05, 3.63) is 70.6 Å². The Bertz CT molecular complexity index is 982. The topological polar surface area (TPSA) is 23.6 Å². The fraction of sp³-hybridized carbons (Fsp3) is 0.143. The highest BCUT2D eigenvalue weighted by molar-refractivity contribution is 8.26. The van der Waals surface area contributed by atoms with Crippen LogP contribution in [0.25, 0.3) is 11.1 Å². The lowest BCUT2D eigenvalue weighted by Crippen LogP contribution is -2.22. The third-order valence-electron chi connectivity index (χ3n) is 4.52. The molecule has 2 aliphatic heterocycles. The number of amides is 1. The SMILES string of the molecule is CCN1/C(=C/C=C2\SC(=S)N(C)C2=O)Sc2ccc(-c3ccccc3)cc21. The molecule has 2 heterocycles. The van der Waals surface area contributed by atoms with E-state index < -0.39 is 0 Å². The van der Waals surface area contributed by atoms with Crippen LogP contribution in [0.5, 0.6) is 0 Å². The van der Waals surface area contributed by atoms with Crippen LogP contribution in [0.15, 0.2) is 75.5 Å². The maximum atomic E-state index is 12.2. The second-order valence-electron chi connectivity index (χ2n) is 6.16. The van der Waals surface area contributed by atoms with Crippen molar-refractivity contribution in [2.24, 2.45) is 0 Å². The zero-order valence-corrected chi connectivity index (χ0v) is 17.5. The predicted molar refractivity (Wildman–Crippen MR) is 120 cm³/mol. The lowest BCUT2D eigenvalue weighted by Gasteiger charge is -2.18. The highest BCUT2D eigenvalue weighted by Crippen LogP contribution is 2.47. The Morgan fingerprint density at radius 3 is 2.48 bits per heavy atom. The third kappa shape index (κ3) is 3.45. The minimum absolute atomic E-state index is 0.0308. The van der Waals surface area contributed by atoms with Gasteiger partial charge in [0.05, 0.1) is 15.6 Å². The Morgan fingerprint density at radius 2 is 1.81 bits per heavy atom. The normalized spacial score (nSPS) is 19.5. The fourth-order valence-electron chi connectivity index (χ4n) is 3.07. The van der Waals surface area contributed by atoms with Crippen molar-refractivity contribution in [3.8, 4) is 11.1 Å². The van der Waals surface area contributed by atoms with Gasteiger partial charge in [0.2, 0.25) is 0 Å². The van der Waals surface area contributed by atoms with Crippen LogP contribution in [-0.4, -0.2) is 28.7 Å². The summed E-state index contributed by atoms with van der Waals surface area (Å²) in [6.45, 7) is 3.01. The summed E-state index contributed by atoms with van der Waals surface area (Å²) in [4.78, 5) is 17.9. The Kier molecular flexibility index (Phi) is 5.12. The van der Waals surface area contributed by atoms with Crippen LogP contribution in [0, 0.1) is 0 Å². The monoisotopic (exact) mass is 410 g/mol. The van der Waals surface area contributed by atoms with Crippen LogP contribution in [-0.2, 0) is 4.79 Å². The molecule has 2 aromatic rings. The number of nitrogens with zero attached hydrogens (tertiary/aromatic N) is 2. The summed E-state index contributed by atoms with van der Waals surface area (Å²) in [6, 6.07) is 17.0. The van der Waals surface area contributed by atoms with E-state index in [9.17, 15) is 4.79 Å². The fourth-order valence-corrected chi connectivity index (χ4v) is 5.30. The molecule has 2 aliphatic rings. The number of benzene rings is 2. The van der Waals surface area contributed by atoms with Crippen molar-refractivity contribution in [2.45, 2.75) is 11.8 Å². The van der Waals surface area contributed by atoms with E-state index >= 15 is 0 Å². The molecule has 27 heavy (non-hydrogen) atoms. The first-order chi connectivity index (χ1) is 13.1. The zero-order chi connectivity index (χ0) is 19.0. The van der Waals surface area contributed by atoms with Gasteiger partial charge in [-0.1, -0.05) is 72.1 Å². The maximum Gasteiger partial charge on any atom is 0.265 e. The number of hydrogen-bond acceptors (Lipinski definition) is 5. The predicted octanol–water partition coefficient (Wildman–Crippen LogP) is 5.50. The van der Waals surface area contributed by atoms with Crippen molar-refractivity contribution in [3.63, 3.8) is 0 Å². The molecule has 6 heteroatoms. The average Bonchev–Trinajstić information content (AvgIpc) is 3.18. The highest BCUT2D eigenvalue weighted by Gasteiger charge is 2.29. The largest absolute Gasteiger partial charge is 0.335 e. The molecular formula is C21H18N2OS3. The summed E-state index contributed by atoms with van der Waals surface area (Å²) in [5.74, 6) is -0.0308. The Morgan fingerprint density at radius 1 is 1.04 bits per heavy atom. The first-order valence-electron chi connectivity index (χ1n) is 8.65. The number of rotatable bonds is 3. The minimum Gasteiger partial charge on any atom is -0.335 e. The van der Waals surface area contributed by atoms with Crippen molar-refractivity contribution >= 4 is 51.7 Å². The number of hydrogen-bond donors (Lipinski definition) is 0. The molecule has 1 fully saturated rings. The lowest BCUT2D eigenvalue weighted by molar-refractivity contribution is -0.121. The smallest absolute Gasteiger partial charge is 0.265 e. The van der Waals surface area contributed by atoms with Gasteiger partial charge in [0.15, 0.2) is 0 Å². The molecule has 3 nitrogen and oxygen atoms in total. The number of allylic oxidation sites excluding steroid dienone is 2. The number of carbonyl (C=O) groups excluding carboxylic acids is 1. The molecule has 1 amide bonds. The molecule has 0 N–H and O–H groups in total. The molecule has 2 aromatic carbocycles. The number of fused-ring (bicyclic) bond motifs is 1. The van der Waals surface area contributed by atoms with Gasteiger partial charge < -0.3 is 4.90 Å². The van der Waals surface area contributed by atoms with Crippen molar-refractivity contribution in [1.82, 2.24) is 4.90 Å². The summed E-state index contributed by atoms with van der Waals surface area (Å²) in [7, 11) is 1.72. The van der Waals surface area contributed by atoms with E-state index in [-0.39, 0.29) is 5.91 Å². The number of anilines is 1. The first kappa shape index (κ1) is 18.3. The first-order valence-corrected chi connectivity index (χ1v) is 10.7. The van der Waals surface area contributed by atoms with Gasteiger partial charge in [-0.15, -0.1) is 0 Å². The highest BCUT2D eigenvalue weighted by atomic mass is 32.2. The van der Waals surface area contributed by atoms with Crippen LogP contribution < -0.4 is 4.90 Å². The average molecular weight is 411 g/mol. The van der Waals surface area contributed by atoms with Gasteiger partial charge in [-0.3, -0.25) is 9.69 Å². The van der Waals surface area contributed by atoms with Crippen LogP contribution in [0.3, 0.4) is 0 Å². The molecule has 0 spiro atoms. The van der Waals surface area contributed by atoms with Crippen LogP contribution in [0.2, 0.25) is 0 Å². The molecule has 0 aliphatic carbocycles. The molecule has 1 saturated heterocycles. The van der Waals surface area contributed by atoms with E-state index in [0.29, 0.717) is 9.23 Å². The second-order valence-corrected chi connectivity index (χ2v) is 8.90. The van der Waals surface area contributed by atoms with Crippen LogP contribution >= 0.6 is 35.7 Å². The molecule has 0 aromatic heterocycles. The molecule has 0 unspecified atom stereocenters. The van der Waals surface area contributed by atoms with Gasteiger partial charge >= 0.3 is 0 Å².